The number of nitrogens with one attached hydrogen (secondary N) is 2. The SMILES string of the molecule is O=C(NC1CCCOc2cc(F)ccc21)N1CCCC(C2CCNC2)C1. The van der Waals surface area contributed by atoms with Gasteiger partial charge in [0.15, 0.2) is 0 Å². The Bertz CT molecular complexity index is 648. The van der Waals surface area contributed by atoms with Crippen LogP contribution in [-0.4, -0.2) is 43.7 Å². The molecule has 1 aromatic carbocycles. The van der Waals surface area contributed by atoms with Gasteiger partial charge in [-0.25, -0.2) is 9.18 Å². The molecule has 2 amide bonds. The molecule has 1 aromatic rings. The molecule has 0 saturated carbocycles. The van der Waals surface area contributed by atoms with Gasteiger partial charge in [0, 0.05) is 24.7 Å². The average Bonchev–Trinajstić information content (AvgIpc) is 3.12. The van der Waals surface area contributed by atoms with Gasteiger partial charge in [0.1, 0.15) is 11.6 Å². The van der Waals surface area contributed by atoms with Crippen molar-refractivity contribution in [2.24, 2.45) is 11.8 Å². The molecule has 3 unspecified atom stereocenters. The number of fused-ring (bicyclic) bond motifs is 1. The van der Waals surface area contributed by atoms with Crippen molar-refractivity contribution in [3.8, 4) is 5.75 Å². The molecule has 0 bridgehead atoms. The Hall–Kier alpha value is -1.82. The van der Waals surface area contributed by atoms with Gasteiger partial charge in [-0.1, -0.05) is 6.07 Å². The van der Waals surface area contributed by atoms with Crippen molar-refractivity contribution < 1.29 is 13.9 Å². The zero-order valence-electron chi connectivity index (χ0n) is 15.2. The van der Waals surface area contributed by atoms with E-state index >= 15 is 0 Å². The lowest BCUT2D eigenvalue weighted by Crippen LogP contribution is -2.47. The maximum Gasteiger partial charge on any atom is 0.317 e. The van der Waals surface area contributed by atoms with E-state index in [2.05, 4.69) is 10.6 Å². The third kappa shape index (κ3) is 3.80. The second-order valence-electron chi connectivity index (χ2n) is 7.78. The van der Waals surface area contributed by atoms with E-state index in [1.54, 1.807) is 6.07 Å². The van der Waals surface area contributed by atoms with Crippen LogP contribution in [0.3, 0.4) is 0 Å². The van der Waals surface area contributed by atoms with Gasteiger partial charge in [0.2, 0.25) is 0 Å². The molecular formula is C20H28FN3O2. The summed E-state index contributed by atoms with van der Waals surface area (Å²) in [5.41, 5.74) is 0.880. The highest BCUT2D eigenvalue weighted by Crippen LogP contribution is 2.33. The number of carbonyl (C=O) groups excluding carboxylic acids is 1. The highest BCUT2D eigenvalue weighted by molar-refractivity contribution is 5.75. The summed E-state index contributed by atoms with van der Waals surface area (Å²) < 4.78 is 19.2. The van der Waals surface area contributed by atoms with Gasteiger partial charge >= 0.3 is 6.03 Å². The number of rotatable bonds is 2. The maximum absolute atomic E-state index is 13.5. The van der Waals surface area contributed by atoms with Gasteiger partial charge in [-0.05, 0) is 63.1 Å². The normalized spacial score (nSPS) is 28.8. The molecule has 3 aliphatic rings. The molecule has 0 aromatic heterocycles. The molecule has 3 atom stereocenters. The molecule has 4 rings (SSSR count). The van der Waals surface area contributed by atoms with Crippen LogP contribution in [0, 0.1) is 17.7 Å². The zero-order chi connectivity index (χ0) is 17.9. The number of ether oxygens (including phenoxy) is 1. The molecule has 3 aliphatic heterocycles. The number of halogens is 1. The van der Waals surface area contributed by atoms with Gasteiger partial charge in [-0.2, -0.15) is 0 Å². The van der Waals surface area contributed by atoms with Crippen molar-refractivity contribution in [2.75, 3.05) is 32.8 Å². The fourth-order valence-corrected chi connectivity index (χ4v) is 4.59. The third-order valence-corrected chi connectivity index (χ3v) is 6.05. The molecule has 2 fully saturated rings. The number of hydrogen-bond acceptors (Lipinski definition) is 3. The summed E-state index contributed by atoms with van der Waals surface area (Å²) in [7, 11) is 0. The van der Waals surface area contributed by atoms with Crippen molar-refractivity contribution in [1.29, 1.82) is 0 Å². The van der Waals surface area contributed by atoms with Crippen LogP contribution in [0.5, 0.6) is 5.75 Å². The van der Waals surface area contributed by atoms with Crippen LogP contribution < -0.4 is 15.4 Å². The van der Waals surface area contributed by atoms with Crippen LogP contribution >= 0.6 is 0 Å². The van der Waals surface area contributed by atoms with E-state index < -0.39 is 0 Å². The minimum Gasteiger partial charge on any atom is -0.493 e. The van der Waals surface area contributed by atoms with Crippen molar-refractivity contribution in [1.82, 2.24) is 15.5 Å². The number of hydrogen-bond donors (Lipinski definition) is 2. The number of likely N-dealkylation sites (tertiary alicyclic amines) is 1. The Kier molecular flexibility index (Phi) is 5.29. The summed E-state index contributed by atoms with van der Waals surface area (Å²) in [5.74, 6) is 1.55. The molecule has 26 heavy (non-hydrogen) atoms. The van der Waals surface area contributed by atoms with Crippen LogP contribution in [0.4, 0.5) is 9.18 Å². The van der Waals surface area contributed by atoms with Crippen LogP contribution in [0.15, 0.2) is 18.2 Å². The Labute approximate surface area is 154 Å². The molecule has 0 radical (unpaired) electrons. The fourth-order valence-electron chi connectivity index (χ4n) is 4.59. The molecule has 0 aliphatic carbocycles. The third-order valence-electron chi connectivity index (χ3n) is 6.05. The van der Waals surface area contributed by atoms with Crippen molar-refractivity contribution in [2.45, 2.75) is 38.1 Å². The predicted molar refractivity (Wildman–Crippen MR) is 97.7 cm³/mol. The summed E-state index contributed by atoms with van der Waals surface area (Å²) in [6.07, 6.45) is 5.17. The van der Waals surface area contributed by atoms with Crippen LogP contribution in [-0.2, 0) is 0 Å². The van der Waals surface area contributed by atoms with Gasteiger partial charge in [0.05, 0.1) is 12.6 Å². The quantitative estimate of drug-likeness (QED) is 0.851. The monoisotopic (exact) mass is 361 g/mol. The molecule has 3 heterocycles. The van der Waals surface area contributed by atoms with Crippen molar-refractivity contribution in [3.05, 3.63) is 29.6 Å². The number of carbonyl (C=O) groups is 1. The number of urea groups is 1. The highest BCUT2D eigenvalue weighted by Gasteiger charge is 2.32. The fraction of sp³-hybridized carbons (Fsp3) is 0.650. The standard InChI is InChI=1S/C20H28FN3O2/c21-16-5-6-17-18(4-2-10-26-19(17)11-16)23-20(25)24-9-1-3-15(13-24)14-7-8-22-12-14/h5-6,11,14-15,18,22H,1-4,7-10,12-13H2,(H,23,25). The van der Waals surface area contributed by atoms with Gasteiger partial charge in [-0.3, -0.25) is 0 Å². The van der Waals surface area contributed by atoms with E-state index in [4.69, 9.17) is 4.74 Å². The summed E-state index contributed by atoms with van der Waals surface area (Å²) in [4.78, 5) is 14.9. The second kappa shape index (κ2) is 7.82. The first-order valence-corrected chi connectivity index (χ1v) is 9.89. The zero-order valence-corrected chi connectivity index (χ0v) is 15.2. The molecule has 0 spiro atoms. The largest absolute Gasteiger partial charge is 0.493 e. The van der Waals surface area contributed by atoms with E-state index in [1.165, 1.54) is 25.0 Å². The smallest absolute Gasteiger partial charge is 0.317 e. The number of nitrogens with zero attached hydrogens (tertiary/aromatic N) is 1. The Morgan fingerprint density at radius 3 is 3.00 bits per heavy atom. The Morgan fingerprint density at radius 1 is 1.23 bits per heavy atom. The molecule has 5 nitrogen and oxygen atoms in total. The van der Waals surface area contributed by atoms with Crippen LogP contribution in [0.2, 0.25) is 0 Å². The van der Waals surface area contributed by atoms with E-state index in [-0.39, 0.29) is 17.9 Å². The lowest BCUT2D eigenvalue weighted by atomic mass is 9.85. The first-order valence-electron chi connectivity index (χ1n) is 9.89. The lowest BCUT2D eigenvalue weighted by molar-refractivity contribution is 0.142. The molecule has 2 saturated heterocycles. The van der Waals surface area contributed by atoms with Crippen LogP contribution in [0.25, 0.3) is 0 Å². The lowest BCUT2D eigenvalue weighted by Gasteiger charge is -2.36. The minimum atomic E-state index is -0.306. The number of piperidine rings is 1. The first kappa shape index (κ1) is 17.6. The minimum absolute atomic E-state index is 0.00262. The van der Waals surface area contributed by atoms with Crippen molar-refractivity contribution >= 4 is 6.03 Å². The Balaban J connectivity index is 1.42. The molecule has 2 N–H and O–H groups in total. The Morgan fingerprint density at radius 2 is 2.15 bits per heavy atom. The topological polar surface area (TPSA) is 53.6 Å². The summed E-state index contributed by atoms with van der Waals surface area (Å²) in [6, 6.07) is 4.49. The average molecular weight is 361 g/mol. The number of benzene rings is 1. The van der Waals surface area contributed by atoms with E-state index in [1.807, 2.05) is 4.90 Å². The molecule has 6 heteroatoms. The number of amides is 2. The molecular weight excluding hydrogens is 333 g/mol. The summed E-state index contributed by atoms with van der Waals surface area (Å²) in [6.45, 7) is 4.41. The second-order valence-corrected chi connectivity index (χ2v) is 7.78. The van der Waals surface area contributed by atoms with E-state index in [0.29, 0.717) is 24.2 Å². The first-order chi connectivity index (χ1) is 12.7. The van der Waals surface area contributed by atoms with Crippen molar-refractivity contribution in [3.63, 3.8) is 0 Å². The predicted octanol–water partition coefficient (Wildman–Crippen LogP) is 3.07. The summed E-state index contributed by atoms with van der Waals surface area (Å²) in [5, 5.41) is 6.62. The maximum atomic E-state index is 13.5. The van der Waals surface area contributed by atoms with Crippen LogP contribution in [0.1, 0.15) is 43.7 Å². The van der Waals surface area contributed by atoms with Gasteiger partial charge in [-0.15, -0.1) is 0 Å². The highest BCUT2D eigenvalue weighted by atomic mass is 19.1. The molecule has 142 valence electrons. The van der Waals surface area contributed by atoms with Gasteiger partial charge < -0.3 is 20.3 Å². The van der Waals surface area contributed by atoms with E-state index in [9.17, 15) is 9.18 Å². The van der Waals surface area contributed by atoms with Gasteiger partial charge in [0.25, 0.3) is 0 Å². The van der Waals surface area contributed by atoms with E-state index in [0.717, 1.165) is 51.0 Å². The summed E-state index contributed by atoms with van der Waals surface area (Å²) >= 11 is 0.